The van der Waals surface area contributed by atoms with Crippen LogP contribution in [0.25, 0.3) is 0 Å². The van der Waals surface area contributed by atoms with Gasteiger partial charge in [-0.3, -0.25) is 0 Å². The molecule has 8 heteroatoms. The van der Waals surface area contributed by atoms with Crippen LogP contribution in [0.1, 0.15) is 5.56 Å². The van der Waals surface area contributed by atoms with Crippen molar-refractivity contribution in [2.24, 2.45) is 5.10 Å². The molecule has 20 heavy (non-hydrogen) atoms. The molecular formula is C12H8F6N2. The van der Waals surface area contributed by atoms with Gasteiger partial charge < -0.3 is 0 Å². The molecule has 1 aromatic carbocycles. The number of benzene rings is 1. The third-order valence-corrected chi connectivity index (χ3v) is 2.83. The van der Waals surface area contributed by atoms with Gasteiger partial charge in [-0.2, -0.15) is 23.3 Å². The molecule has 0 saturated carbocycles. The summed E-state index contributed by atoms with van der Waals surface area (Å²) in [5, 5.41) is 1.99. The number of rotatable bonds is 1. The highest BCUT2D eigenvalue weighted by molar-refractivity contribution is 5.72. The average molecular weight is 294 g/mol. The fourth-order valence-corrected chi connectivity index (χ4v) is 2.00. The van der Waals surface area contributed by atoms with Crippen LogP contribution in [-0.4, -0.2) is 23.7 Å². The minimum Gasteiger partial charge on any atom is -0.181 e. The number of halogens is 6. The van der Waals surface area contributed by atoms with Crippen molar-refractivity contribution in [2.75, 3.05) is 0 Å². The van der Waals surface area contributed by atoms with E-state index in [1.807, 2.05) is 0 Å². The van der Waals surface area contributed by atoms with Crippen LogP contribution in [0, 0.1) is 0 Å². The Morgan fingerprint density at radius 1 is 0.950 bits per heavy atom. The van der Waals surface area contributed by atoms with Crippen LogP contribution in [0.5, 0.6) is 0 Å². The maximum absolute atomic E-state index is 13.4. The SMILES string of the molecule is FC(F)(F)N1N=CC=CC1(c1ccccc1)C(F)(F)F. The Labute approximate surface area is 110 Å². The second kappa shape index (κ2) is 4.53. The second-order valence-electron chi connectivity index (χ2n) is 4.03. The molecule has 0 aliphatic carbocycles. The van der Waals surface area contributed by atoms with E-state index in [0.29, 0.717) is 12.3 Å². The largest absolute Gasteiger partial charge is 0.501 e. The highest BCUT2D eigenvalue weighted by Gasteiger charge is 2.65. The van der Waals surface area contributed by atoms with Crippen LogP contribution in [0.15, 0.2) is 47.6 Å². The summed E-state index contributed by atoms with van der Waals surface area (Å²) in [5.74, 6) is 0. The molecule has 1 aliphatic rings. The number of allylic oxidation sites excluding steroid dienone is 1. The Bertz CT molecular complexity index is 531. The van der Waals surface area contributed by atoms with Gasteiger partial charge in [-0.05, 0) is 17.7 Å². The normalized spacial score (nSPS) is 23.2. The van der Waals surface area contributed by atoms with Crippen molar-refractivity contribution in [1.82, 2.24) is 5.01 Å². The van der Waals surface area contributed by atoms with Crippen molar-refractivity contribution in [3.8, 4) is 0 Å². The van der Waals surface area contributed by atoms with Gasteiger partial charge in [-0.15, -0.1) is 13.2 Å². The van der Waals surface area contributed by atoms with Crippen molar-refractivity contribution < 1.29 is 26.3 Å². The zero-order chi connectivity index (χ0) is 15.0. The molecule has 1 aromatic rings. The first-order chi connectivity index (χ1) is 9.19. The Balaban J connectivity index is 2.70. The van der Waals surface area contributed by atoms with Crippen molar-refractivity contribution in [1.29, 1.82) is 0 Å². The average Bonchev–Trinajstić information content (AvgIpc) is 2.37. The van der Waals surface area contributed by atoms with Crippen molar-refractivity contribution in [2.45, 2.75) is 18.0 Å². The number of alkyl halides is 6. The van der Waals surface area contributed by atoms with Crippen molar-refractivity contribution in [3.63, 3.8) is 0 Å². The van der Waals surface area contributed by atoms with E-state index in [0.717, 1.165) is 18.2 Å². The van der Waals surface area contributed by atoms with Crippen LogP contribution in [0.3, 0.4) is 0 Å². The lowest BCUT2D eigenvalue weighted by atomic mass is 9.87. The van der Waals surface area contributed by atoms with Gasteiger partial charge in [0.2, 0.25) is 5.54 Å². The maximum atomic E-state index is 13.4. The molecule has 2 rings (SSSR count). The summed E-state index contributed by atoms with van der Waals surface area (Å²) < 4.78 is 79.0. The Morgan fingerprint density at radius 3 is 2.05 bits per heavy atom. The second-order valence-corrected chi connectivity index (χ2v) is 4.03. The molecule has 0 saturated heterocycles. The highest BCUT2D eigenvalue weighted by Crippen LogP contribution is 2.50. The molecule has 0 radical (unpaired) electrons. The van der Waals surface area contributed by atoms with E-state index in [-0.39, 0.29) is 0 Å². The summed E-state index contributed by atoms with van der Waals surface area (Å²) in [7, 11) is 0. The lowest BCUT2D eigenvalue weighted by Crippen LogP contribution is -2.58. The summed E-state index contributed by atoms with van der Waals surface area (Å²) in [6.45, 7) is 0. The van der Waals surface area contributed by atoms with E-state index < -0.39 is 28.6 Å². The lowest BCUT2D eigenvalue weighted by Gasteiger charge is -2.42. The van der Waals surface area contributed by atoms with Crippen LogP contribution in [0.2, 0.25) is 0 Å². The molecule has 0 spiro atoms. The van der Waals surface area contributed by atoms with Gasteiger partial charge in [0, 0.05) is 6.21 Å². The Kier molecular flexibility index (Phi) is 3.27. The first-order valence-corrected chi connectivity index (χ1v) is 5.41. The molecule has 0 bridgehead atoms. The third kappa shape index (κ3) is 2.14. The van der Waals surface area contributed by atoms with E-state index >= 15 is 0 Å². The smallest absolute Gasteiger partial charge is 0.181 e. The molecule has 0 amide bonds. The van der Waals surface area contributed by atoms with Gasteiger partial charge >= 0.3 is 12.5 Å². The van der Waals surface area contributed by atoms with Crippen LogP contribution >= 0.6 is 0 Å². The van der Waals surface area contributed by atoms with E-state index in [9.17, 15) is 26.3 Å². The van der Waals surface area contributed by atoms with Crippen LogP contribution < -0.4 is 0 Å². The fourth-order valence-electron chi connectivity index (χ4n) is 2.00. The van der Waals surface area contributed by atoms with E-state index in [1.54, 1.807) is 0 Å². The van der Waals surface area contributed by atoms with E-state index in [4.69, 9.17) is 0 Å². The van der Waals surface area contributed by atoms with Gasteiger partial charge in [-0.1, -0.05) is 30.3 Å². The maximum Gasteiger partial charge on any atom is 0.501 e. The monoisotopic (exact) mass is 294 g/mol. The quantitative estimate of drug-likeness (QED) is 0.568. The molecule has 108 valence electrons. The summed E-state index contributed by atoms with van der Waals surface area (Å²) >= 11 is 0. The number of hydrazone groups is 1. The highest BCUT2D eigenvalue weighted by atomic mass is 19.4. The van der Waals surface area contributed by atoms with Crippen molar-refractivity contribution >= 4 is 6.21 Å². The predicted molar refractivity (Wildman–Crippen MR) is 59.7 cm³/mol. The van der Waals surface area contributed by atoms with Gasteiger partial charge in [0.05, 0.1) is 0 Å². The Hall–Kier alpha value is -1.99. The zero-order valence-corrected chi connectivity index (χ0v) is 9.78. The molecule has 1 aliphatic heterocycles. The van der Waals surface area contributed by atoms with Gasteiger partial charge in [0.15, 0.2) is 0 Å². The van der Waals surface area contributed by atoms with E-state index in [1.165, 1.54) is 18.2 Å². The van der Waals surface area contributed by atoms with Gasteiger partial charge in [-0.25, -0.2) is 0 Å². The molecule has 1 heterocycles. The molecular weight excluding hydrogens is 286 g/mol. The van der Waals surface area contributed by atoms with Crippen LogP contribution in [0.4, 0.5) is 26.3 Å². The molecule has 2 nitrogen and oxygen atoms in total. The number of nitrogens with zero attached hydrogens (tertiary/aromatic N) is 2. The molecule has 0 N–H and O–H groups in total. The summed E-state index contributed by atoms with van der Waals surface area (Å²) in [5.41, 5.74) is -3.92. The molecule has 0 fully saturated rings. The molecule has 1 atom stereocenters. The minimum atomic E-state index is -5.27. The minimum absolute atomic E-state index is 0.447. The van der Waals surface area contributed by atoms with E-state index in [2.05, 4.69) is 5.10 Å². The standard InChI is InChI=1S/C12H8F6N2/c13-11(14,15)10(9-5-2-1-3-6-9)7-4-8-19-20(10)12(16,17)18/h1-8H. The summed E-state index contributed by atoms with van der Waals surface area (Å²) in [6, 6.07) is 5.86. The fraction of sp³-hybridized carbons (Fsp3) is 0.250. The predicted octanol–water partition coefficient (Wildman–Crippen LogP) is 3.82. The first kappa shape index (κ1) is 14.4. The Morgan fingerprint density at radius 2 is 1.55 bits per heavy atom. The summed E-state index contributed by atoms with van der Waals surface area (Å²) in [6.07, 6.45) is -8.50. The van der Waals surface area contributed by atoms with Gasteiger partial charge in [0.1, 0.15) is 0 Å². The first-order valence-electron chi connectivity index (χ1n) is 5.41. The number of hydrogen-bond donors (Lipinski definition) is 0. The topological polar surface area (TPSA) is 15.6 Å². The summed E-state index contributed by atoms with van der Waals surface area (Å²) in [4.78, 5) is 0. The number of hydrogen-bond acceptors (Lipinski definition) is 2. The van der Waals surface area contributed by atoms with Crippen LogP contribution in [-0.2, 0) is 5.54 Å². The van der Waals surface area contributed by atoms with Gasteiger partial charge in [0.25, 0.3) is 0 Å². The third-order valence-electron chi connectivity index (χ3n) is 2.83. The molecule has 1 unspecified atom stereocenters. The van der Waals surface area contributed by atoms with Crippen molar-refractivity contribution in [3.05, 3.63) is 48.0 Å². The zero-order valence-electron chi connectivity index (χ0n) is 9.78. The lowest BCUT2D eigenvalue weighted by molar-refractivity contribution is -0.328. The molecule has 0 aromatic heterocycles.